The lowest BCUT2D eigenvalue weighted by molar-refractivity contribution is -0.132. The van der Waals surface area contributed by atoms with E-state index in [0.717, 1.165) is 5.56 Å². The van der Waals surface area contributed by atoms with Crippen LogP contribution in [0.1, 0.15) is 12.5 Å². The number of nitriles is 1. The number of carboxylic acid groups (broad SMARTS) is 1. The van der Waals surface area contributed by atoms with Crippen molar-refractivity contribution in [3.63, 3.8) is 0 Å². The van der Waals surface area contributed by atoms with Gasteiger partial charge in [0.25, 0.3) is 0 Å². The first-order valence-electron chi connectivity index (χ1n) is 6.66. The zero-order valence-corrected chi connectivity index (χ0v) is 12.4. The van der Waals surface area contributed by atoms with E-state index < -0.39 is 5.97 Å². The molecule has 0 atom stereocenters. The molecule has 0 aliphatic heterocycles. The molecule has 0 saturated carbocycles. The highest BCUT2D eigenvalue weighted by Gasteiger charge is 2.09. The highest BCUT2D eigenvalue weighted by molar-refractivity contribution is 5.92. The minimum atomic E-state index is -1.09. The Labute approximate surface area is 130 Å². The van der Waals surface area contributed by atoms with Gasteiger partial charge in [-0.2, -0.15) is 5.26 Å². The van der Waals surface area contributed by atoms with E-state index in [1.165, 1.54) is 6.08 Å². The molecule has 0 aromatic heterocycles. The molecule has 0 aliphatic carbocycles. The first kappa shape index (κ1) is 16.9. The van der Waals surface area contributed by atoms with Crippen molar-refractivity contribution in [3.8, 4) is 6.07 Å². The van der Waals surface area contributed by atoms with Crippen LogP contribution in [0.2, 0.25) is 0 Å². The Kier molecular flexibility index (Phi) is 6.88. The predicted octanol–water partition coefficient (Wildman–Crippen LogP) is 4.29. The Balaban J connectivity index is 3.35. The highest BCUT2D eigenvalue weighted by atomic mass is 16.4. The van der Waals surface area contributed by atoms with Gasteiger partial charge in [-0.15, -0.1) is 0 Å². The maximum atomic E-state index is 11.5. The summed E-state index contributed by atoms with van der Waals surface area (Å²) < 4.78 is 0. The van der Waals surface area contributed by atoms with E-state index in [0.29, 0.717) is 11.1 Å². The standard InChI is InChI=1S/C19H17NO2/c1-3-4-10-17(12-11-16-8-6-5-7-9-16)18(19(21)22)13-15(2)14-20/h3-13H,1H2,2H3,(H,21,22). The number of allylic oxidation sites excluding steroid dienone is 6. The summed E-state index contributed by atoms with van der Waals surface area (Å²) in [5.74, 6) is -1.09. The summed E-state index contributed by atoms with van der Waals surface area (Å²) in [5.41, 5.74) is 1.84. The van der Waals surface area contributed by atoms with Gasteiger partial charge >= 0.3 is 5.97 Å². The topological polar surface area (TPSA) is 61.1 Å². The zero-order chi connectivity index (χ0) is 16.4. The average molecular weight is 291 g/mol. The number of aliphatic carboxylic acids is 1. The van der Waals surface area contributed by atoms with Crippen LogP contribution in [0, 0.1) is 11.3 Å². The predicted molar refractivity (Wildman–Crippen MR) is 88.8 cm³/mol. The molecule has 1 N–H and O–H groups in total. The maximum absolute atomic E-state index is 11.5. The third-order valence-corrected chi connectivity index (χ3v) is 2.75. The van der Waals surface area contributed by atoms with Gasteiger partial charge in [0.2, 0.25) is 0 Å². The second-order valence-electron chi connectivity index (χ2n) is 4.45. The van der Waals surface area contributed by atoms with E-state index in [4.69, 9.17) is 5.26 Å². The van der Waals surface area contributed by atoms with Crippen LogP contribution in [0.3, 0.4) is 0 Å². The van der Waals surface area contributed by atoms with Crippen molar-refractivity contribution in [1.29, 1.82) is 5.26 Å². The normalized spacial score (nSPS) is 13.0. The smallest absolute Gasteiger partial charge is 0.336 e. The summed E-state index contributed by atoms with van der Waals surface area (Å²) in [6.07, 6.45) is 9.76. The molecule has 0 fully saturated rings. The Morgan fingerprint density at radius 3 is 2.50 bits per heavy atom. The molecule has 0 saturated heterocycles. The van der Waals surface area contributed by atoms with Crippen molar-refractivity contribution >= 4 is 12.0 Å². The molecule has 3 heteroatoms. The molecule has 1 aromatic carbocycles. The third-order valence-electron chi connectivity index (χ3n) is 2.75. The molecule has 0 unspecified atom stereocenters. The molecule has 110 valence electrons. The number of carboxylic acids is 1. The second kappa shape index (κ2) is 8.93. The summed E-state index contributed by atoms with van der Waals surface area (Å²) in [6.45, 7) is 5.15. The average Bonchev–Trinajstić information content (AvgIpc) is 2.53. The van der Waals surface area contributed by atoms with Crippen LogP contribution in [-0.4, -0.2) is 11.1 Å². The van der Waals surface area contributed by atoms with E-state index in [9.17, 15) is 9.90 Å². The summed E-state index contributed by atoms with van der Waals surface area (Å²) in [6, 6.07) is 11.5. The van der Waals surface area contributed by atoms with Crippen molar-refractivity contribution in [2.24, 2.45) is 0 Å². The van der Waals surface area contributed by atoms with E-state index >= 15 is 0 Å². The third kappa shape index (κ3) is 5.48. The fourth-order valence-electron chi connectivity index (χ4n) is 1.67. The van der Waals surface area contributed by atoms with E-state index in [-0.39, 0.29) is 5.57 Å². The summed E-state index contributed by atoms with van der Waals surface area (Å²) >= 11 is 0. The van der Waals surface area contributed by atoms with Gasteiger partial charge in [-0.3, -0.25) is 0 Å². The van der Waals surface area contributed by atoms with Gasteiger partial charge in [-0.1, -0.05) is 67.3 Å². The van der Waals surface area contributed by atoms with Crippen LogP contribution in [0.25, 0.3) is 6.08 Å². The van der Waals surface area contributed by atoms with E-state index in [2.05, 4.69) is 6.58 Å². The minimum Gasteiger partial charge on any atom is -0.478 e. The number of hydrogen-bond donors (Lipinski definition) is 1. The molecule has 1 rings (SSSR count). The van der Waals surface area contributed by atoms with Crippen molar-refractivity contribution in [2.45, 2.75) is 6.92 Å². The molecular formula is C19H17NO2. The van der Waals surface area contributed by atoms with Crippen LogP contribution in [-0.2, 0) is 4.79 Å². The van der Waals surface area contributed by atoms with E-state index in [1.54, 1.807) is 31.2 Å². The summed E-state index contributed by atoms with van der Waals surface area (Å²) in [7, 11) is 0. The molecule has 0 bridgehead atoms. The SMILES string of the molecule is C=CC=CC(C=Cc1ccccc1)=C(C=C(C)C#N)C(=O)O. The van der Waals surface area contributed by atoms with Crippen LogP contribution in [0.15, 0.2) is 84.0 Å². The number of carbonyl (C=O) groups is 1. The quantitative estimate of drug-likeness (QED) is 0.483. The number of benzene rings is 1. The Morgan fingerprint density at radius 1 is 1.27 bits per heavy atom. The Morgan fingerprint density at radius 2 is 1.95 bits per heavy atom. The molecule has 0 aliphatic rings. The fraction of sp³-hybridized carbons (Fsp3) is 0.0526. The lowest BCUT2D eigenvalue weighted by Crippen LogP contribution is -2.01. The first-order valence-corrected chi connectivity index (χ1v) is 6.66. The first-order chi connectivity index (χ1) is 10.6. The van der Waals surface area contributed by atoms with Gasteiger partial charge < -0.3 is 5.11 Å². The van der Waals surface area contributed by atoms with Crippen LogP contribution < -0.4 is 0 Å². The van der Waals surface area contributed by atoms with Crippen molar-refractivity contribution in [3.05, 3.63) is 89.6 Å². The van der Waals surface area contributed by atoms with Gasteiger partial charge in [0.1, 0.15) is 0 Å². The summed E-state index contributed by atoms with van der Waals surface area (Å²) in [4.78, 5) is 11.5. The number of hydrogen-bond acceptors (Lipinski definition) is 2. The Bertz CT molecular complexity index is 699. The highest BCUT2D eigenvalue weighted by Crippen LogP contribution is 2.15. The largest absolute Gasteiger partial charge is 0.478 e. The Hall–Kier alpha value is -3.12. The lowest BCUT2D eigenvalue weighted by Gasteiger charge is -2.02. The van der Waals surface area contributed by atoms with Gasteiger partial charge in [-0.05, 0) is 24.1 Å². The molecule has 1 aromatic rings. The summed E-state index contributed by atoms with van der Waals surface area (Å²) in [5, 5.41) is 18.2. The minimum absolute atomic E-state index is 0.0596. The molecule has 22 heavy (non-hydrogen) atoms. The maximum Gasteiger partial charge on any atom is 0.336 e. The van der Waals surface area contributed by atoms with Crippen LogP contribution in [0.4, 0.5) is 0 Å². The van der Waals surface area contributed by atoms with Crippen molar-refractivity contribution < 1.29 is 9.90 Å². The van der Waals surface area contributed by atoms with E-state index in [1.807, 2.05) is 42.5 Å². The zero-order valence-electron chi connectivity index (χ0n) is 12.4. The van der Waals surface area contributed by atoms with Crippen LogP contribution in [0.5, 0.6) is 0 Å². The molecule has 0 heterocycles. The molecule has 3 nitrogen and oxygen atoms in total. The number of nitrogens with zero attached hydrogens (tertiary/aromatic N) is 1. The molecule has 0 amide bonds. The fourth-order valence-corrected chi connectivity index (χ4v) is 1.67. The van der Waals surface area contributed by atoms with Gasteiger partial charge in [0.15, 0.2) is 0 Å². The number of rotatable bonds is 6. The monoisotopic (exact) mass is 291 g/mol. The molecule has 0 spiro atoms. The van der Waals surface area contributed by atoms with Gasteiger partial charge in [0, 0.05) is 5.57 Å². The van der Waals surface area contributed by atoms with Crippen molar-refractivity contribution in [1.82, 2.24) is 0 Å². The lowest BCUT2D eigenvalue weighted by atomic mass is 10.0. The van der Waals surface area contributed by atoms with Crippen LogP contribution >= 0.6 is 0 Å². The van der Waals surface area contributed by atoms with Gasteiger partial charge in [0.05, 0.1) is 11.6 Å². The van der Waals surface area contributed by atoms with Gasteiger partial charge in [-0.25, -0.2) is 4.79 Å². The second-order valence-corrected chi connectivity index (χ2v) is 4.45. The van der Waals surface area contributed by atoms with Crippen molar-refractivity contribution in [2.75, 3.05) is 0 Å². The molecular weight excluding hydrogens is 274 g/mol. The molecule has 0 radical (unpaired) electrons.